The molecule has 6 heteroatoms. The van der Waals surface area contributed by atoms with Gasteiger partial charge in [0.1, 0.15) is 11.6 Å². The maximum absolute atomic E-state index is 12.8. The van der Waals surface area contributed by atoms with Gasteiger partial charge in [-0.05, 0) is 61.6 Å². The van der Waals surface area contributed by atoms with Crippen molar-refractivity contribution in [3.8, 4) is 5.75 Å². The molecular weight excluding hydrogens is 376 g/mol. The van der Waals surface area contributed by atoms with Crippen LogP contribution in [0.3, 0.4) is 0 Å². The zero-order valence-corrected chi connectivity index (χ0v) is 17.7. The third-order valence-electron chi connectivity index (χ3n) is 5.43. The zero-order chi connectivity index (χ0) is 21.3. The standard InChI is InChI=1S/C24H26N4O2/c1-14-10-20-22(21(29)11-14)23(25-18-9-8-15(2)16(3)12-18)28-24(27-20)26-17-6-5-7-19(13-17)30-4/h5-9,12-14H,10-11H2,1-4H3,(H2,25,26,27,28). The van der Waals surface area contributed by atoms with E-state index >= 15 is 0 Å². The van der Waals surface area contributed by atoms with E-state index in [1.807, 2.05) is 30.3 Å². The van der Waals surface area contributed by atoms with Crippen molar-refractivity contribution in [1.82, 2.24) is 9.97 Å². The van der Waals surface area contributed by atoms with Crippen LogP contribution in [0, 0.1) is 19.8 Å². The minimum atomic E-state index is 0.0861. The Morgan fingerprint density at radius 2 is 1.77 bits per heavy atom. The van der Waals surface area contributed by atoms with Gasteiger partial charge in [-0.15, -0.1) is 0 Å². The highest BCUT2D eigenvalue weighted by atomic mass is 16.5. The molecule has 2 N–H and O–H groups in total. The molecule has 0 saturated heterocycles. The van der Waals surface area contributed by atoms with Crippen molar-refractivity contribution >= 4 is 28.9 Å². The molecule has 0 spiro atoms. The van der Waals surface area contributed by atoms with E-state index in [4.69, 9.17) is 4.74 Å². The maximum Gasteiger partial charge on any atom is 0.229 e. The Morgan fingerprint density at radius 3 is 2.53 bits per heavy atom. The largest absolute Gasteiger partial charge is 0.497 e. The molecule has 0 aliphatic heterocycles. The van der Waals surface area contributed by atoms with Gasteiger partial charge in [-0.1, -0.05) is 19.1 Å². The fourth-order valence-corrected chi connectivity index (χ4v) is 3.70. The first-order valence-electron chi connectivity index (χ1n) is 10.1. The second-order valence-electron chi connectivity index (χ2n) is 7.94. The molecule has 1 atom stereocenters. The van der Waals surface area contributed by atoms with Crippen molar-refractivity contribution in [2.24, 2.45) is 5.92 Å². The molecular formula is C24H26N4O2. The quantitative estimate of drug-likeness (QED) is 0.599. The summed E-state index contributed by atoms with van der Waals surface area (Å²) in [6, 6.07) is 13.7. The lowest BCUT2D eigenvalue weighted by molar-refractivity contribution is 0.0953. The van der Waals surface area contributed by atoms with Gasteiger partial charge in [-0.3, -0.25) is 4.79 Å². The van der Waals surface area contributed by atoms with Gasteiger partial charge >= 0.3 is 0 Å². The van der Waals surface area contributed by atoms with Crippen LogP contribution in [0.15, 0.2) is 42.5 Å². The van der Waals surface area contributed by atoms with E-state index in [1.165, 1.54) is 11.1 Å². The molecule has 1 aromatic heterocycles. The molecule has 1 heterocycles. The SMILES string of the molecule is COc1cccc(Nc2nc3c(c(Nc4ccc(C)c(C)c4)n2)C(=O)CC(C)C3)c1. The Balaban J connectivity index is 1.74. The number of carbonyl (C=O) groups is 1. The first-order chi connectivity index (χ1) is 14.4. The van der Waals surface area contributed by atoms with Gasteiger partial charge in [-0.25, -0.2) is 4.98 Å². The fraction of sp³-hybridized carbons (Fsp3) is 0.292. The fourth-order valence-electron chi connectivity index (χ4n) is 3.70. The van der Waals surface area contributed by atoms with E-state index in [2.05, 4.69) is 53.5 Å². The summed E-state index contributed by atoms with van der Waals surface area (Å²) in [7, 11) is 1.63. The third-order valence-corrected chi connectivity index (χ3v) is 5.43. The van der Waals surface area contributed by atoms with E-state index < -0.39 is 0 Å². The van der Waals surface area contributed by atoms with Crippen LogP contribution in [0.25, 0.3) is 0 Å². The summed E-state index contributed by atoms with van der Waals surface area (Å²) in [6.45, 7) is 6.22. The van der Waals surface area contributed by atoms with Gasteiger partial charge in [0, 0.05) is 23.9 Å². The molecule has 0 fully saturated rings. The summed E-state index contributed by atoms with van der Waals surface area (Å²) in [5.74, 6) is 2.10. The third kappa shape index (κ3) is 4.13. The number of anilines is 4. The first-order valence-corrected chi connectivity index (χ1v) is 10.1. The Bertz CT molecular complexity index is 1110. The second kappa shape index (κ2) is 8.14. The highest BCUT2D eigenvalue weighted by molar-refractivity contribution is 6.03. The molecule has 2 aromatic carbocycles. The van der Waals surface area contributed by atoms with E-state index in [0.29, 0.717) is 23.8 Å². The van der Waals surface area contributed by atoms with Crippen LogP contribution in [0.2, 0.25) is 0 Å². The van der Waals surface area contributed by atoms with Crippen LogP contribution in [-0.2, 0) is 6.42 Å². The van der Waals surface area contributed by atoms with E-state index in [0.717, 1.165) is 29.2 Å². The van der Waals surface area contributed by atoms with Gasteiger partial charge in [0.25, 0.3) is 0 Å². The highest BCUT2D eigenvalue weighted by Crippen LogP contribution is 2.32. The first kappa shape index (κ1) is 19.9. The van der Waals surface area contributed by atoms with Gasteiger partial charge in [0.05, 0.1) is 18.4 Å². The molecule has 3 aromatic rings. The van der Waals surface area contributed by atoms with Crippen molar-refractivity contribution in [2.75, 3.05) is 17.7 Å². The molecule has 154 valence electrons. The molecule has 1 aliphatic carbocycles. The minimum Gasteiger partial charge on any atom is -0.497 e. The van der Waals surface area contributed by atoms with Crippen molar-refractivity contribution < 1.29 is 9.53 Å². The Morgan fingerprint density at radius 1 is 0.967 bits per heavy atom. The van der Waals surface area contributed by atoms with E-state index in [-0.39, 0.29) is 11.7 Å². The van der Waals surface area contributed by atoms with Crippen LogP contribution in [0.4, 0.5) is 23.1 Å². The average molecular weight is 402 g/mol. The number of nitrogens with one attached hydrogen (secondary N) is 2. The number of aryl methyl sites for hydroxylation is 2. The minimum absolute atomic E-state index is 0.0861. The summed E-state index contributed by atoms with van der Waals surface area (Å²) in [5, 5.41) is 6.61. The Hall–Kier alpha value is -3.41. The van der Waals surface area contributed by atoms with Crippen LogP contribution >= 0.6 is 0 Å². The summed E-state index contributed by atoms with van der Waals surface area (Å²) in [6.07, 6.45) is 1.26. The number of ether oxygens (including phenoxy) is 1. The predicted molar refractivity (Wildman–Crippen MR) is 119 cm³/mol. The molecule has 1 unspecified atom stereocenters. The average Bonchev–Trinajstić information content (AvgIpc) is 2.70. The summed E-state index contributed by atoms with van der Waals surface area (Å²) in [5.41, 5.74) is 5.50. The van der Waals surface area contributed by atoms with Gasteiger partial charge < -0.3 is 15.4 Å². The van der Waals surface area contributed by atoms with Gasteiger partial charge in [0.2, 0.25) is 5.95 Å². The van der Waals surface area contributed by atoms with E-state index in [1.54, 1.807) is 7.11 Å². The molecule has 4 rings (SSSR count). The number of benzene rings is 2. The van der Waals surface area contributed by atoms with Crippen molar-refractivity contribution in [3.05, 3.63) is 64.8 Å². The summed E-state index contributed by atoms with van der Waals surface area (Å²) >= 11 is 0. The molecule has 30 heavy (non-hydrogen) atoms. The molecule has 0 saturated carbocycles. The highest BCUT2D eigenvalue weighted by Gasteiger charge is 2.28. The van der Waals surface area contributed by atoms with Gasteiger partial charge in [-0.2, -0.15) is 4.98 Å². The number of hydrogen-bond acceptors (Lipinski definition) is 6. The lowest BCUT2D eigenvalue weighted by atomic mass is 9.87. The molecule has 0 bridgehead atoms. The number of hydrogen-bond donors (Lipinski definition) is 2. The number of rotatable bonds is 5. The number of Topliss-reactive ketones (excluding diaryl/α,β-unsaturated/α-hetero) is 1. The van der Waals surface area contributed by atoms with Crippen LogP contribution in [-0.4, -0.2) is 22.9 Å². The molecule has 0 amide bonds. The lowest BCUT2D eigenvalue weighted by Crippen LogP contribution is -2.22. The molecule has 1 aliphatic rings. The van der Waals surface area contributed by atoms with Crippen molar-refractivity contribution in [1.29, 1.82) is 0 Å². The van der Waals surface area contributed by atoms with Crippen molar-refractivity contribution in [3.63, 3.8) is 0 Å². The van der Waals surface area contributed by atoms with Crippen LogP contribution in [0.1, 0.15) is 40.5 Å². The number of carbonyl (C=O) groups excluding carboxylic acids is 1. The van der Waals surface area contributed by atoms with Gasteiger partial charge in [0.15, 0.2) is 5.78 Å². The Labute approximate surface area is 176 Å². The summed E-state index contributed by atoms with van der Waals surface area (Å²) in [4.78, 5) is 22.2. The number of ketones is 1. The maximum atomic E-state index is 12.8. The topological polar surface area (TPSA) is 76.1 Å². The normalized spacial score (nSPS) is 15.5. The summed E-state index contributed by atoms with van der Waals surface area (Å²) < 4.78 is 5.30. The lowest BCUT2D eigenvalue weighted by Gasteiger charge is -2.23. The Kier molecular flexibility index (Phi) is 5.40. The van der Waals surface area contributed by atoms with Crippen LogP contribution < -0.4 is 15.4 Å². The number of fused-ring (bicyclic) bond motifs is 1. The van der Waals surface area contributed by atoms with E-state index in [9.17, 15) is 4.79 Å². The van der Waals surface area contributed by atoms with Crippen molar-refractivity contribution in [2.45, 2.75) is 33.6 Å². The number of aromatic nitrogens is 2. The smallest absolute Gasteiger partial charge is 0.229 e. The monoisotopic (exact) mass is 402 g/mol. The number of nitrogens with zero attached hydrogens (tertiary/aromatic N) is 2. The zero-order valence-electron chi connectivity index (χ0n) is 17.7. The van der Waals surface area contributed by atoms with Crippen LogP contribution in [0.5, 0.6) is 5.75 Å². The second-order valence-corrected chi connectivity index (χ2v) is 7.94. The predicted octanol–water partition coefficient (Wildman–Crippen LogP) is 5.35. The molecule has 0 radical (unpaired) electrons. The molecule has 6 nitrogen and oxygen atoms in total. The number of methoxy groups -OCH3 is 1.